The Balaban J connectivity index is 1.75. The Hall–Kier alpha value is -1.95. The first-order chi connectivity index (χ1) is 12.2. The molecule has 3 aromatic rings. The molecule has 1 N–H and O–H groups in total. The number of thioether (sulfide) groups is 1. The summed E-state index contributed by atoms with van der Waals surface area (Å²) < 4.78 is 7.25. The van der Waals surface area contributed by atoms with Crippen LogP contribution in [0.1, 0.15) is 16.8 Å². The van der Waals surface area contributed by atoms with Crippen LogP contribution in [0.5, 0.6) is 5.75 Å². The number of imidazole rings is 1. The second-order valence-corrected chi connectivity index (χ2v) is 6.95. The first-order valence-corrected chi connectivity index (χ1v) is 9.21. The van der Waals surface area contributed by atoms with Gasteiger partial charge in [0.15, 0.2) is 5.16 Å². The normalized spacial score (nSPS) is 10.8. The van der Waals surface area contributed by atoms with Gasteiger partial charge in [0, 0.05) is 23.5 Å². The van der Waals surface area contributed by atoms with Crippen molar-refractivity contribution in [3.05, 3.63) is 76.6 Å². The zero-order valence-corrected chi connectivity index (χ0v) is 15.4. The van der Waals surface area contributed by atoms with Gasteiger partial charge in [-0.2, -0.15) is 0 Å². The maximum atomic E-state index is 9.41. The van der Waals surface area contributed by atoms with Gasteiger partial charge in [0.25, 0.3) is 0 Å². The molecule has 3 rings (SSSR count). The van der Waals surface area contributed by atoms with Crippen LogP contribution in [-0.4, -0.2) is 21.8 Å². The van der Waals surface area contributed by atoms with E-state index in [0.29, 0.717) is 12.2 Å². The monoisotopic (exact) mass is 374 g/mol. The van der Waals surface area contributed by atoms with E-state index in [1.54, 1.807) is 18.9 Å². The third-order valence-electron chi connectivity index (χ3n) is 3.72. The van der Waals surface area contributed by atoms with Crippen LogP contribution >= 0.6 is 23.4 Å². The standard InChI is InChI=1S/C19H19ClN2O2S/c1-24-18-7-5-14(6-8-18)10-22-11-17(12-23)21-19(22)25-13-15-3-2-4-16(20)9-15/h2-9,11,23H,10,12-13H2,1H3. The van der Waals surface area contributed by atoms with E-state index in [1.807, 2.05) is 54.7 Å². The number of rotatable bonds is 7. The zero-order chi connectivity index (χ0) is 17.6. The average Bonchev–Trinajstić information content (AvgIpc) is 3.03. The van der Waals surface area contributed by atoms with E-state index in [1.165, 1.54) is 0 Å². The van der Waals surface area contributed by atoms with Crippen molar-refractivity contribution in [2.24, 2.45) is 0 Å². The Labute approximate surface area is 156 Å². The molecule has 0 amide bonds. The van der Waals surface area contributed by atoms with Crippen LogP contribution in [0.25, 0.3) is 0 Å². The highest BCUT2D eigenvalue weighted by Crippen LogP contribution is 2.25. The molecule has 0 aliphatic carbocycles. The summed E-state index contributed by atoms with van der Waals surface area (Å²) in [5.74, 6) is 1.60. The van der Waals surface area contributed by atoms with Gasteiger partial charge >= 0.3 is 0 Å². The predicted octanol–water partition coefficient (Wildman–Crippen LogP) is 4.38. The highest BCUT2D eigenvalue weighted by Gasteiger charge is 2.10. The minimum absolute atomic E-state index is 0.0691. The maximum absolute atomic E-state index is 9.41. The molecule has 4 nitrogen and oxygen atoms in total. The van der Waals surface area contributed by atoms with Crippen LogP contribution in [0.4, 0.5) is 0 Å². The van der Waals surface area contributed by atoms with Gasteiger partial charge in [0.05, 0.1) is 19.4 Å². The predicted molar refractivity (Wildman–Crippen MR) is 101 cm³/mol. The molecule has 1 heterocycles. The third kappa shape index (κ3) is 4.78. The molecule has 0 aliphatic heterocycles. The Morgan fingerprint density at radius 3 is 2.64 bits per heavy atom. The second kappa shape index (κ2) is 8.43. The number of methoxy groups -OCH3 is 1. The molecule has 0 radical (unpaired) electrons. The van der Waals surface area contributed by atoms with Crippen molar-refractivity contribution in [3.8, 4) is 5.75 Å². The highest BCUT2D eigenvalue weighted by atomic mass is 35.5. The van der Waals surface area contributed by atoms with E-state index >= 15 is 0 Å². The van der Waals surface area contributed by atoms with E-state index in [2.05, 4.69) is 9.55 Å². The number of aliphatic hydroxyl groups is 1. The first kappa shape index (κ1) is 17.9. The van der Waals surface area contributed by atoms with E-state index in [9.17, 15) is 5.11 Å². The summed E-state index contributed by atoms with van der Waals surface area (Å²) in [5, 5.41) is 11.0. The summed E-state index contributed by atoms with van der Waals surface area (Å²) in [6.07, 6.45) is 1.89. The lowest BCUT2D eigenvalue weighted by molar-refractivity contribution is 0.277. The number of aliphatic hydroxyl groups excluding tert-OH is 1. The number of benzene rings is 2. The Bertz CT molecular complexity index is 834. The minimum atomic E-state index is -0.0691. The third-order valence-corrected chi connectivity index (χ3v) is 5.02. The highest BCUT2D eigenvalue weighted by molar-refractivity contribution is 7.98. The smallest absolute Gasteiger partial charge is 0.168 e. The molecule has 0 spiro atoms. The molecule has 25 heavy (non-hydrogen) atoms. The van der Waals surface area contributed by atoms with Crippen LogP contribution in [-0.2, 0) is 18.9 Å². The van der Waals surface area contributed by atoms with Gasteiger partial charge in [-0.3, -0.25) is 0 Å². The van der Waals surface area contributed by atoms with E-state index in [4.69, 9.17) is 16.3 Å². The van der Waals surface area contributed by atoms with Crippen molar-refractivity contribution < 1.29 is 9.84 Å². The second-order valence-electron chi connectivity index (χ2n) is 5.57. The van der Waals surface area contributed by atoms with Crippen LogP contribution in [0.3, 0.4) is 0 Å². The van der Waals surface area contributed by atoms with Crippen LogP contribution < -0.4 is 4.74 Å². The lowest BCUT2D eigenvalue weighted by atomic mass is 10.2. The van der Waals surface area contributed by atoms with Crippen LogP contribution in [0.15, 0.2) is 59.9 Å². The molecule has 6 heteroatoms. The van der Waals surface area contributed by atoms with Gasteiger partial charge in [-0.25, -0.2) is 4.98 Å². The van der Waals surface area contributed by atoms with Gasteiger partial charge in [-0.15, -0.1) is 0 Å². The topological polar surface area (TPSA) is 47.3 Å². The van der Waals surface area contributed by atoms with E-state index in [0.717, 1.165) is 32.8 Å². The van der Waals surface area contributed by atoms with Gasteiger partial charge in [-0.1, -0.05) is 47.6 Å². The number of halogens is 1. The Morgan fingerprint density at radius 2 is 1.96 bits per heavy atom. The molecule has 0 bridgehead atoms. The van der Waals surface area contributed by atoms with Crippen LogP contribution in [0.2, 0.25) is 5.02 Å². The van der Waals surface area contributed by atoms with Crippen molar-refractivity contribution in [2.45, 2.75) is 24.1 Å². The lowest BCUT2D eigenvalue weighted by Gasteiger charge is -2.08. The molecule has 2 aromatic carbocycles. The summed E-state index contributed by atoms with van der Waals surface area (Å²) in [6.45, 7) is 0.620. The Morgan fingerprint density at radius 1 is 1.16 bits per heavy atom. The number of hydrogen-bond donors (Lipinski definition) is 1. The maximum Gasteiger partial charge on any atom is 0.168 e. The quantitative estimate of drug-likeness (QED) is 0.623. The average molecular weight is 375 g/mol. The van der Waals surface area contributed by atoms with Crippen molar-refractivity contribution in [3.63, 3.8) is 0 Å². The van der Waals surface area contributed by atoms with Gasteiger partial charge in [-0.05, 0) is 35.4 Å². The molecule has 0 aliphatic rings. The summed E-state index contributed by atoms with van der Waals surface area (Å²) in [7, 11) is 1.66. The lowest BCUT2D eigenvalue weighted by Crippen LogP contribution is -2.00. The fourth-order valence-corrected chi connectivity index (χ4v) is 3.61. The number of nitrogens with zero attached hydrogens (tertiary/aromatic N) is 2. The summed E-state index contributed by atoms with van der Waals surface area (Å²) in [5.41, 5.74) is 2.96. The molecule has 130 valence electrons. The molecule has 0 unspecified atom stereocenters. The fraction of sp³-hybridized carbons (Fsp3) is 0.211. The zero-order valence-electron chi connectivity index (χ0n) is 13.9. The largest absolute Gasteiger partial charge is 0.497 e. The van der Waals surface area contributed by atoms with Crippen molar-refractivity contribution in [1.82, 2.24) is 9.55 Å². The van der Waals surface area contributed by atoms with Gasteiger partial charge in [0.1, 0.15) is 5.75 Å². The van der Waals surface area contributed by atoms with Crippen molar-refractivity contribution in [2.75, 3.05) is 7.11 Å². The Kier molecular flexibility index (Phi) is 6.02. The molecular formula is C19H19ClN2O2S. The van der Waals surface area contributed by atoms with Gasteiger partial charge in [0.2, 0.25) is 0 Å². The summed E-state index contributed by atoms with van der Waals surface area (Å²) >= 11 is 7.67. The van der Waals surface area contributed by atoms with Gasteiger partial charge < -0.3 is 14.4 Å². The molecule has 0 fully saturated rings. The fourth-order valence-electron chi connectivity index (χ4n) is 2.46. The van der Waals surface area contributed by atoms with E-state index < -0.39 is 0 Å². The van der Waals surface area contributed by atoms with E-state index in [-0.39, 0.29) is 6.61 Å². The SMILES string of the molecule is COc1ccc(Cn2cc(CO)nc2SCc2cccc(Cl)c2)cc1. The van der Waals surface area contributed by atoms with Crippen LogP contribution in [0, 0.1) is 0 Å². The number of hydrogen-bond acceptors (Lipinski definition) is 4. The molecular weight excluding hydrogens is 356 g/mol. The molecule has 0 atom stereocenters. The number of aromatic nitrogens is 2. The minimum Gasteiger partial charge on any atom is -0.497 e. The summed E-state index contributed by atoms with van der Waals surface area (Å²) in [4.78, 5) is 4.51. The molecule has 0 saturated carbocycles. The van der Waals surface area contributed by atoms with Crippen molar-refractivity contribution in [1.29, 1.82) is 0 Å². The molecule has 1 aromatic heterocycles. The molecule has 0 saturated heterocycles. The summed E-state index contributed by atoms with van der Waals surface area (Å²) in [6, 6.07) is 15.8. The van der Waals surface area contributed by atoms with Crippen molar-refractivity contribution >= 4 is 23.4 Å². The number of ether oxygens (including phenoxy) is 1. The first-order valence-electron chi connectivity index (χ1n) is 7.85.